The minimum absolute atomic E-state index is 1.07. The zero-order valence-electron chi connectivity index (χ0n) is 6.40. The molecule has 0 saturated carbocycles. The van der Waals surface area contributed by atoms with Gasteiger partial charge in [0.25, 0.3) is 0 Å². The molecule has 0 saturated heterocycles. The SMILES string of the molecule is c1ccc(Sc2ccn[nH]2)cc1. The van der Waals surface area contributed by atoms with Crippen LogP contribution in [0.15, 0.2) is 52.5 Å². The second-order valence-corrected chi connectivity index (χ2v) is 3.45. The number of hydrogen-bond donors (Lipinski definition) is 1. The van der Waals surface area contributed by atoms with E-state index in [-0.39, 0.29) is 0 Å². The Kier molecular flexibility index (Phi) is 2.14. The molecule has 2 rings (SSSR count). The summed E-state index contributed by atoms with van der Waals surface area (Å²) in [5.41, 5.74) is 0. The van der Waals surface area contributed by atoms with Gasteiger partial charge in [-0.15, -0.1) is 0 Å². The van der Waals surface area contributed by atoms with Crippen LogP contribution >= 0.6 is 11.8 Å². The van der Waals surface area contributed by atoms with E-state index < -0.39 is 0 Å². The molecule has 1 heterocycles. The topological polar surface area (TPSA) is 28.7 Å². The second-order valence-electron chi connectivity index (χ2n) is 2.34. The van der Waals surface area contributed by atoms with Crippen molar-refractivity contribution in [3.8, 4) is 0 Å². The lowest BCUT2D eigenvalue weighted by atomic mass is 10.4. The standard InChI is InChI=1S/C9H8N2S/c1-2-4-8(5-3-1)12-9-6-7-10-11-9/h1-7H,(H,10,11). The molecule has 0 aliphatic rings. The number of hydrogen-bond acceptors (Lipinski definition) is 2. The minimum atomic E-state index is 1.07. The zero-order valence-corrected chi connectivity index (χ0v) is 7.21. The van der Waals surface area contributed by atoms with Crippen LogP contribution < -0.4 is 0 Å². The Hall–Kier alpha value is -1.22. The molecule has 0 radical (unpaired) electrons. The second kappa shape index (κ2) is 3.45. The maximum Gasteiger partial charge on any atom is 0.0955 e. The van der Waals surface area contributed by atoms with Gasteiger partial charge in [0.1, 0.15) is 0 Å². The van der Waals surface area contributed by atoms with Gasteiger partial charge in [-0.1, -0.05) is 30.0 Å². The summed E-state index contributed by atoms with van der Waals surface area (Å²) in [6, 6.07) is 12.2. The van der Waals surface area contributed by atoms with E-state index in [1.165, 1.54) is 4.90 Å². The Morgan fingerprint density at radius 3 is 2.58 bits per heavy atom. The van der Waals surface area contributed by atoms with Crippen molar-refractivity contribution in [2.24, 2.45) is 0 Å². The van der Waals surface area contributed by atoms with Gasteiger partial charge in [0.2, 0.25) is 0 Å². The van der Waals surface area contributed by atoms with Gasteiger partial charge in [0.15, 0.2) is 0 Å². The first-order valence-electron chi connectivity index (χ1n) is 3.67. The average molecular weight is 176 g/mol. The van der Waals surface area contributed by atoms with Crippen molar-refractivity contribution < 1.29 is 0 Å². The fourth-order valence-electron chi connectivity index (χ4n) is 0.915. The van der Waals surface area contributed by atoms with Crippen molar-refractivity contribution in [1.29, 1.82) is 0 Å². The zero-order chi connectivity index (χ0) is 8.23. The molecular weight excluding hydrogens is 168 g/mol. The lowest BCUT2D eigenvalue weighted by Crippen LogP contribution is -1.72. The Balaban J connectivity index is 2.15. The molecule has 0 spiro atoms. The summed E-state index contributed by atoms with van der Waals surface area (Å²) in [4.78, 5) is 1.22. The molecule has 3 heteroatoms. The molecule has 0 atom stereocenters. The number of nitrogens with one attached hydrogen (secondary N) is 1. The summed E-state index contributed by atoms with van der Waals surface area (Å²) in [6.45, 7) is 0. The van der Waals surface area contributed by atoms with Gasteiger partial charge in [-0.25, -0.2) is 0 Å². The smallest absolute Gasteiger partial charge is 0.0955 e. The van der Waals surface area contributed by atoms with Crippen LogP contribution in [0.3, 0.4) is 0 Å². The monoisotopic (exact) mass is 176 g/mol. The molecule has 12 heavy (non-hydrogen) atoms. The molecule has 1 N–H and O–H groups in total. The third-order valence-electron chi connectivity index (χ3n) is 1.45. The average Bonchev–Trinajstić information content (AvgIpc) is 2.59. The summed E-state index contributed by atoms with van der Waals surface area (Å²) in [6.07, 6.45) is 1.76. The molecule has 2 aromatic rings. The molecule has 1 aromatic carbocycles. The summed E-state index contributed by atoms with van der Waals surface area (Å²) >= 11 is 1.68. The predicted molar refractivity (Wildman–Crippen MR) is 49.2 cm³/mol. The molecule has 0 amide bonds. The normalized spacial score (nSPS) is 10.0. The highest BCUT2D eigenvalue weighted by molar-refractivity contribution is 7.99. The first-order valence-corrected chi connectivity index (χ1v) is 4.49. The van der Waals surface area contributed by atoms with E-state index in [9.17, 15) is 0 Å². The molecular formula is C9H8N2S. The minimum Gasteiger partial charge on any atom is -0.272 e. The van der Waals surface area contributed by atoms with Crippen LogP contribution in [0, 0.1) is 0 Å². The van der Waals surface area contributed by atoms with Crippen molar-refractivity contribution in [2.45, 2.75) is 9.92 Å². The van der Waals surface area contributed by atoms with Crippen LogP contribution in [-0.4, -0.2) is 10.2 Å². The molecule has 0 unspecified atom stereocenters. The van der Waals surface area contributed by atoms with Gasteiger partial charge in [-0.05, 0) is 18.2 Å². The highest BCUT2D eigenvalue weighted by atomic mass is 32.2. The van der Waals surface area contributed by atoms with E-state index in [0.717, 1.165) is 5.03 Å². The van der Waals surface area contributed by atoms with Crippen molar-refractivity contribution in [3.05, 3.63) is 42.6 Å². The number of nitrogens with zero attached hydrogens (tertiary/aromatic N) is 1. The van der Waals surface area contributed by atoms with E-state index in [1.807, 2.05) is 24.3 Å². The van der Waals surface area contributed by atoms with Crippen molar-refractivity contribution in [1.82, 2.24) is 10.2 Å². The van der Waals surface area contributed by atoms with Gasteiger partial charge in [0, 0.05) is 11.1 Å². The van der Waals surface area contributed by atoms with E-state index in [1.54, 1.807) is 18.0 Å². The maximum atomic E-state index is 3.87. The van der Waals surface area contributed by atoms with E-state index >= 15 is 0 Å². The largest absolute Gasteiger partial charge is 0.272 e. The number of benzene rings is 1. The van der Waals surface area contributed by atoms with Gasteiger partial charge in [0.05, 0.1) is 5.03 Å². The Morgan fingerprint density at radius 1 is 1.08 bits per heavy atom. The maximum absolute atomic E-state index is 3.87. The molecule has 2 nitrogen and oxygen atoms in total. The van der Waals surface area contributed by atoms with E-state index in [2.05, 4.69) is 22.3 Å². The van der Waals surface area contributed by atoms with Crippen LogP contribution in [0.2, 0.25) is 0 Å². The van der Waals surface area contributed by atoms with Gasteiger partial charge in [-0.2, -0.15) is 5.10 Å². The van der Waals surface area contributed by atoms with Gasteiger partial charge in [-0.3, -0.25) is 5.10 Å². The van der Waals surface area contributed by atoms with Gasteiger partial charge < -0.3 is 0 Å². The number of rotatable bonds is 2. The third kappa shape index (κ3) is 1.68. The van der Waals surface area contributed by atoms with Crippen LogP contribution in [-0.2, 0) is 0 Å². The van der Waals surface area contributed by atoms with Crippen LogP contribution in [0.1, 0.15) is 0 Å². The van der Waals surface area contributed by atoms with Crippen molar-refractivity contribution in [3.63, 3.8) is 0 Å². The fraction of sp³-hybridized carbons (Fsp3) is 0. The Bertz CT molecular complexity index is 329. The lowest BCUT2D eigenvalue weighted by molar-refractivity contribution is 1.00. The molecule has 0 aliphatic carbocycles. The van der Waals surface area contributed by atoms with Crippen molar-refractivity contribution in [2.75, 3.05) is 0 Å². The van der Waals surface area contributed by atoms with Crippen LogP contribution in [0.4, 0.5) is 0 Å². The predicted octanol–water partition coefficient (Wildman–Crippen LogP) is 2.56. The Morgan fingerprint density at radius 2 is 1.92 bits per heavy atom. The van der Waals surface area contributed by atoms with Crippen LogP contribution in [0.25, 0.3) is 0 Å². The number of aromatic amines is 1. The first kappa shape index (κ1) is 7.43. The first-order chi connectivity index (χ1) is 5.95. The van der Waals surface area contributed by atoms with Crippen LogP contribution in [0.5, 0.6) is 0 Å². The quantitative estimate of drug-likeness (QED) is 0.761. The summed E-state index contributed by atoms with van der Waals surface area (Å²) in [5, 5.41) is 7.84. The molecule has 0 aliphatic heterocycles. The molecule has 60 valence electrons. The highest BCUT2D eigenvalue weighted by Gasteiger charge is 1.95. The molecule has 0 bridgehead atoms. The summed E-state index contributed by atoms with van der Waals surface area (Å²) < 4.78 is 0. The van der Waals surface area contributed by atoms with Gasteiger partial charge >= 0.3 is 0 Å². The Labute approximate surface area is 75.0 Å². The van der Waals surface area contributed by atoms with Crippen molar-refractivity contribution >= 4 is 11.8 Å². The fourth-order valence-corrected chi connectivity index (χ4v) is 1.69. The number of aromatic nitrogens is 2. The number of H-pyrrole nitrogens is 1. The van der Waals surface area contributed by atoms with E-state index in [0.29, 0.717) is 0 Å². The summed E-state index contributed by atoms with van der Waals surface area (Å²) in [7, 11) is 0. The highest BCUT2D eigenvalue weighted by Crippen LogP contribution is 2.24. The molecule has 0 fully saturated rings. The summed E-state index contributed by atoms with van der Waals surface area (Å²) in [5.74, 6) is 0. The van der Waals surface area contributed by atoms with E-state index in [4.69, 9.17) is 0 Å². The third-order valence-corrected chi connectivity index (χ3v) is 2.40. The molecule has 1 aromatic heterocycles. The lowest BCUT2D eigenvalue weighted by Gasteiger charge is -1.95.